The van der Waals surface area contributed by atoms with E-state index in [2.05, 4.69) is 35.2 Å². The summed E-state index contributed by atoms with van der Waals surface area (Å²) in [5.41, 5.74) is 13.8. The van der Waals surface area contributed by atoms with Crippen LogP contribution in [0.25, 0.3) is 22.0 Å². The summed E-state index contributed by atoms with van der Waals surface area (Å²) < 4.78 is 11.5. The molecule has 0 amide bonds. The molecule has 1 atom stereocenters. The fraction of sp³-hybridized carbons (Fsp3) is 0.400. The van der Waals surface area contributed by atoms with E-state index < -0.39 is 0 Å². The molecule has 6 rings (SSSR count). The van der Waals surface area contributed by atoms with Crippen LogP contribution in [0.5, 0.6) is 11.5 Å². The number of hydrogen-bond donors (Lipinski definition) is 1. The normalized spacial score (nSPS) is 20.4. The number of anilines is 1. The summed E-state index contributed by atoms with van der Waals surface area (Å²) in [5.74, 6) is 1.65. The molecule has 1 aliphatic carbocycles. The minimum atomic E-state index is 0.258. The topological polar surface area (TPSA) is 60.6 Å². The number of hydrogen-bond acceptors (Lipinski definition) is 5. The molecule has 30 heavy (non-hydrogen) atoms. The zero-order chi connectivity index (χ0) is 20.1. The summed E-state index contributed by atoms with van der Waals surface area (Å²) in [5, 5.41) is 1.25. The van der Waals surface area contributed by atoms with Gasteiger partial charge in [0.2, 0.25) is 0 Å². The van der Waals surface area contributed by atoms with Crippen LogP contribution in [0.2, 0.25) is 0 Å². The molecular formula is C25H27N3O2. The Kier molecular flexibility index (Phi) is 4.30. The number of fused-ring (bicyclic) bond motifs is 3. The SMILES string of the molecule is N[C@H]1CCN(c2c3c(nc4ccc(-c5ccc6c(c5)OCCO6)cc24)CCCC3)C1. The van der Waals surface area contributed by atoms with E-state index in [-0.39, 0.29) is 6.04 Å². The summed E-state index contributed by atoms with van der Waals surface area (Å²) >= 11 is 0. The highest BCUT2D eigenvalue weighted by molar-refractivity contribution is 5.97. The van der Waals surface area contributed by atoms with Crippen LogP contribution in [0.4, 0.5) is 5.69 Å². The number of nitrogens with two attached hydrogens (primary N) is 1. The van der Waals surface area contributed by atoms with Crippen molar-refractivity contribution in [2.75, 3.05) is 31.2 Å². The van der Waals surface area contributed by atoms with E-state index in [1.165, 1.54) is 40.7 Å². The maximum Gasteiger partial charge on any atom is 0.161 e. The predicted molar refractivity (Wildman–Crippen MR) is 120 cm³/mol. The predicted octanol–water partition coefficient (Wildman–Crippen LogP) is 4.09. The summed E-state index contributed by atoms with van der Waals surface area (Å²) in [6, 6.07) is 13.1. The molecule has 2 aromatic carbocycles. The first-order valence-electron chi connectivity index (χ1n) is 11.1. The smallest absolute Gasteiger partial charge is 0.161 e. The molecule has 5 heteroatoms. The standard InChI is InChI=1S/C25H27N3O2/c26-18-9-10-28(15-18)25-19-3-1-2-4-21(19)27-22-7-5-16(13-20(22)25)17-6-8-23-24(14-17)30-12-11-29-23/h5-8,13-14,18H,1-4,9-12,15,26H2/t18-/m0/s1. The number of nitrogens with zero attached hydrogens (tertiary/aromatic N) is 2. The van der Waals surface area contributed by atoms with E-state index in [9.17, 15) is 0 Å². The lowest BCUT2D eigenvalue weighted by atomic mass is 9.91. The van der Waals surface area contributed by atoms with Gasteiger partial charge in [0, 0.05) is 30.2 Å². The third kappa shape index (κ3) is 3.00. The lowest BCUT2D eigenvalue weighted by Crippen LogP contribution is -2.28. The van der Waals surface area contributed by atoms with Crippen molar-refractivity contribution in [3.8, 4) is 22.6 Å². The Hall–Kier alpha value is -2.79. The molecule has 2 N–H and O–H groups in total. The van der Waals surface area contributed by atoms with Crippen molar-refractivity contribution < 1.29 is 9.47 Å². The Morgan fingerprint density at radius 2 is 1.73 bits per heavy atom. The number of pyridine rings is 1. The molecule has 0 bridgehead atoms. The number of benzene rings is 2. The monoisotopic (exact) mass is 401 g/mol. The van der Waals surface area contributed by atoms with Crippen molar-refractivity contribution in [3.05, 3.63) is 47.7 Å². The highest BCUT2D eigenvalue weighted by atomic mass is 16.6. The Balaban J connectivity index is 1.51. The van der Waals surface area contributed by atoms with Gasteiger partial charge in [-0.05, 0) is 73.1 Å². The highest BCUT2D eigenvalue weighted by Gasteiger charge is 2.27. The zero-order valence-corrected chi connectivity index (χ0v) is 17.2. The van der Waals surface area contributed by atoms with E-state index >= 15 is 0 Å². The number of rotatable bonds is 2. The van der Waals surface area contributed by atoms with Crippen LogP contribution in [0.15, 0.2) is 36.4 Å². The fourth-order valence-corrected chi connectivity index (χ4v) is 5.15. The molecule has 1 fully saturated rings. The van der Waals surface area contributed by atoms with Gasteiger partial charge in [0.1, 0.15) is 13.2 Å². The molecule has 3 aromatic rings. The first-order valence-corrected chi connectivity index (χ1v) is 11.1. The molecule has 154 valence electrons. The molecular weight excluding hydrogens is 374 g/mol. The molecule has 0 saturated carbocycles. The van der Waals surface area contributed by atoms with E-state index in [0.717, 1.165) is 54.9 Å². The fourth-order valence-electron chi connectivity index (χ4n) is 5.15. The minimum Gasteiger partial charge on any atom is -0.486 e. The van der Waals surface area contributed by atoms with Gasteiger partial charge in [0.15, 0.2) is 11.5 Å². The van der Waals surface area contributed by atoms with Crippen LogP contribution in [0.1, 0.15) is 30.5 Å². The molecule has 0 spiro atoms. The van der Waals surface area contributed by atoms with Crippen LogP contribution in [0.3, 0.4) is 0 Å². The van der Waals surface area contributed by atoms with Gasteiger partial charge in [0.25, 0.3) is 0 Å². The molecule has 0 unspecified atom stereocenters. The largest absolute Gasteiger partial charge is 0.486 e. The maximum atomic E-state index is 6.29. The third-order valence-corrected chi connectivity index (χ3v) is 6.65. The van der Waals surface area contributed by atoms with Crippen LogP contribution < -0.4 is 20.1 Å². The van der Waals surface area contributed by atoms with Gasteiger partial charge in [-0.1, -0.05) is 12.1 Å². The first kappa shape index (κ1) is 18.0. The van der Waals surface area contributed by atoms with Gasteiger partial charge >= 0.3 is 0 Å². The summed E-state index contributed by atoms with van der Waals surface area (Å²) in [7, 11) is 0. The zero-order valence-electron chi connectivity index (χ0n) is 17.2. The summed E-state index contributed by atoms with van der Waals surface area (Å²) in [6.07, 6.45) is 5.74. The van der Waals surface area contributed by atoms with Crippen molar-refractivity contribution in [2.24, 2.45) is 5.73 Å². The quantitative estimate of drug-likeness (QED) is 0.701. The van der Waals surface area contributed by atoms with Crippen molar-refractivity contribution >= 4 is 16.6 Å². The van der Waals surface area contributed by atoms with E-state index in [4.69, 9.17) is 20.2 Å². The van der Waals surface area contributed by atoms with Gasteiger partial charge in [-0.15, -0.1) is 0 Å². The second kappa shape index (κ2) is 7.17. The van der Waals surface area contributed by atoms with Crippen molar-refractivity contribution in [1.29, 1.82) is 0 Å². The molecule has 0 radical (unpaired) electrons. The second-order valence-electron chi connectivity index (χ2n) is 8.68. The van der Waals surface area contributed by atoms with E-state index in [0.29, 0.717) is 13.2 Å². The van der Waals surface area contributed by atoms with Gasteiger partial charge in [-0.3, -0.25) is 4.98 Å². The molecule has 5 nitrogen and oxygen atoms in total. The third-order valence-electron chi connectivity index (χ3n) is 6.65. The number of aromatic nitrogens is 1. The maximum absolute atomic E-state index is 6.29. The molecule has 1 aromatic heterocycles. The average Bonchev–Trinajstić information content (AvgIpc) is 3.22. The molecule has 3 heterocycles. The van der Waals surface area contributed by atoms with Gasteiger partial charge in [0.05, 0.1) is 11.2 Å². The lowest BCUT2D eigenvalue weighted by Gasteiger charge is -2.28. The molecule has 3 aliphatic rings. The average molecular weight is 402 g/mol. The van der Waals surface area contributed by atoms with E-state index in [1.54, 1.807) is 0 Å². The van der Waals surface area contributed by atoms with Crippen LogP contribution in [-0.2, 0) is 12.8 Å². The van der Waals surface area contributed by atoms with Crippen LogP contribution >= 0.6 is 0 Å². The summed E-state index contributed by atoms with van der Waals surface area (Å²) in [6.45, 7) is 3.17. The first-order chi connectivity index (χ1) is 14.8. The minimum absolute atomic E-state index is 0.258. The highest BCUT2D eigenvalue weighted by Crippen LogP contribution is 2.40. The Bertz CT molecular complexity index is 1130. The molecule has 2 aliphatic heterocycles. The van der Waals surface area contributed by atoms with Crippen molar-refractivity contribution in [1.82, 2.24) is 4.98 Å². The lowest BCUT2D eigenvalue weighted by molar-refractivity contribution is 0.171. The van der Waals surface area contributed by atoms with Gasteiger partial charge < -0.3 is 20.1 Å². The number of aryl methyl sites for hydroxylation is 1. The van der Waals surface area contributed by atoms with E-state index in [1.807, 2.05) is 6.07 Å². The van der Waals surface area contributed by atoms with Crippen LogP contribution in [-0.4, -0.2) is 37.3 Å². The Morgan fingerprint density at radius 1 is 0.933 bits per heavy atom. The Morgan fingerprint density at radius 3 is 2.60 bits per heavy atom. The van der Waals surface area contributed by atoms with Crippen molar-refractivity contribution in [2.45, 2.75) is 38.1 Å². The molecule has 1 saturated heterocycles. The van der Waals surface area contributed by atoms with Crippen molar-refractivity contribution in [3.63, 3.8) is 0 Å². The Labute approximate surface area is 176 Å². The van der Waals surface area contributed by atoms with Crippen LogP contribution in [0, 0.1) is 0 Å². The van der Waals surface area contributed by atoms with Gasteiger partial charge in [-0.2, -0.15) is 0 Å². The number of ether oxygens (including phenoxy) is 2. The summed E-state index contributed by atoms with van der Waals surface area (Å²) in [4.78, 5) is 7.58. The van der Waals surface area contributed by atoms with Gasteiger partial charge in [-0.25, -0.2) is 0 Å². The second-order valence-corrected chi connectivity index (χ2v) is 8.68.